The Kier molecular flexibility index (Phi) is 6.09. The van der Waals surface area contributed by atoms with E-state index in [1.807, 2.05) is 0 Å². The van der Waals surface area contributed by atoms with Gasteiger partial charge in [-0.3, -0.25) is 0 Å². The Morgan fingerprint density at radius 2 is 1.82 bits per heavy atom. The highest BCUT2D eigenvalue weighted by molar-refractivity contribution is 4.56. The Hall–Kier alpha value is -0.400. The fourth-order valence-corrected chi connectivity index (χ4v) is 1.09. The van der Waals surface area contributed by atoms with E-state index in [1.165, 1.54) is 12.8 Å². The van der Waals surface area contributed by atoms with Gasteiger partial charge in [-0.1, -0.05) is 38.8 Å². The Morgan fingerprint density at radius 1 is 1.18 bits per heavy atom. The summed E-state index contributed by atoms with van der Waals surface area (Å²) in [7, 11) is 0. The van der Waals surface area contributed by atoms with Gasteiger partial charge in [-0.2, -0.15) is 4.91 Å². The SMILES string of the molecule is CC(C)CCCC(C)CN=O. The summed E-state index contributed by atoms with van der Waals surface area (Å²) in [6.45, 7) is 7.02. The minimum atomic E-state index is 0.478. The first kappa shape index (κ1) is 10.6. The topological polar surface area (TPSA) is 29.4 Å². The number of hydrogen-bond acceptors (Lipinski definition) is 2. The largest absolute Gasteiger partial charge is 0.151 e. The predicted octanol–water partition coefficient (Wildman–Crippen LogP) is 3.22. The van der Waals surface area contributed by atoms with Gasteiger partial charge in [0.1, 0.15) is 0 Å². The molecule has 11 heavy (non-hydrogen) atoms. The smallest absolute Gasteiger partial charge is 0.0836 e. The summed E-state index contributed by atoms with van der Waals surface area (Å²) in [5.41, 5.74) is 0. The molecule has 0 aliphatic rings. The van der Waals surface area contributed by atoms with Crippen LogP contribution in [0.1, 0.15) is 40.0 Å². The van der Waals surface area contributed by atoms with Crippen molar-refractivity contribution in [2.45, 2.75) is 40.0 Å². The van der Waals surface area contributed by atoms with E-state index >= 15 is 0 Å². The van der Waals surface area contributed by atoms with E-state index in [0.29, 0.717) is 12.5 Å². The molecule has 0 spiro atoms. The monoisotopic (exact) mass is 157 g/mol. The predicted molar refractivity (Wildman–Crippen MR) is 48.5 cm³/mol. The minimum Gasteiger partial charge on any atom is -0.151 e. The van der Waals surface area contributed by atoms with Crippen molar-refractivity contribution in [1.29, 1.82) is 0 Å². The van der Waals surface area contributed by atoms with Gasteiger partial charge in [0.15, 0.2) is 0 Å². The van der Waals surface area contributed by atoms with Gasteiger partial charge in [-0.15, -0.1) is 0 Å². The van der Waals surface area contributed by atoms with Crippen LogP contribution in [0.2, 0.25) is 0 Å². The second kappa shape index (κ2) is 6.32. The summed E-state index contributed by atoms with van der Waals surface area (Å²) in [5.74, 6) is 1.26. The van der Waals surface area contributed by atoms with Gasteiger partial charge in [-0.25, -0.2) is 0 Å². The third kappa shape index (κ3) is 7.50. The second-order valence-corrected chi connectivity index (χ2v) is 3.74. The molecule has 0 bridgehead atoms. The van der Waals surface area contributed by atoms with E-state index in [4.69, 9.17) is 0 Å². The molecule has 0 radical (unpaired) electrons. The first-order valence-electron chi connectivity index (χ1n) is 4.46. The molecule has 0 aliphatic carbocycles. The van der Waals surface area contributed by atoms with Gasteiger partial charge in [0, 0.05) is 0 Å². The van der Waals surface area contributed by atoms with Gasteiger partial charge in [-0.05, 0) is 18.3 Å². The Bertz CT molecular complexity index is 102. The molecule has 0 saturated heterocycles. The summed E-state index contributed by atoms with van der Waals surface area (Å²) < 4.78 is 0. The zero-order valence-electron chi connectivity index (χ0n) is 7.84. The van der Waals surface area contributed by atoms with Crippen molar-refractivity contribution < 1.29 is 0 Å². The summed E-state index contributed by atoms with van der Waals surface area (Å²) in [5, 5.41) is 2.88. The molecular weight excluding hydrogens is 138 g/mol. The molecule has 0 heterocycles. The molecule has 0 rings (SSSR count). The lowest BCUT2D eigenvalue weighted by Crippen LogP contribution is -1.99. The molecule has 2 nitrogen and oxygen atoms in total. The van der Waals surface area contributed by atoms with E-state index in [9.17, 15) is 4.91 Å². The standard InChI is InChI=1S/C9H19NO/c1-8(2)5-4-6-9(3)7-10-11/h8-9H,4-7H2,1-3H3. The number of nitroso groups, excluding NO2 is 1. The van der Waals surface area contributed by atoms with Crippen molar-refractivity contribution >= 4 is 0 Å². The molecule has 0 amide bonds. The van der Waals surface area contributed by atoms with Gasteiger partial charge in [0.25, 0.3) is 0 Å². The Balaban J connectivity index is 3.16. The minimum absolute atomic E-state index is 0.478. The maximum absolute atomic E-state index is 9.86. The second-order valence-electron chi connectivity index (χ2n) is 3.74. The van der Waals surface area contributed by atoms with Gasteiger partial charge in [0.2, 0.25) is 0 Å². The van der Waals surface area contributed by atoms with Crippen molar-refractivity contribution in [3.63, 3.8) is 0 Å². The zero-order chi connectivity index (χ0) is 8.69. The first-order chi connectivity index (χ1) is 5.16. The van der Waals surface area contributed by atoms with Crippen LogP contribution in [0.5, 0.6) is 0 Å². The lowest BCUT2D eigenvalue weighted by molar-refractivity contribution is 0.464. The molecule has 0 aliphatic heterocycles. The highest BCUT2D eigenvalue weighted by Gasteiger charge is 2.01. The van der Waals surface area contributed by atoms with Crippen LogP contribution < -0.4 is 0 Å². The van der Waals surface area contributed by atoms with Crippen LogP contribution in [0.25, 0.3) is 0 Å². The van der Waals surface area contributed by atoms with E-state index in [0.717, 1.165) is 12.3 Å². The van der Waals surface area contributed by atoms with Gasteiger partial charge >= 0.3 is 0 Å². The zero-order valence-corrected chi connectivity index (χ0v) is 7.84. The van der Waals surface area contributed by atoms with E-state index < -0.39 is 0 Å². The number of hydrogen-bond donors (Lipinski definition) is 0. The third-order valence-corrected chi connectivity index (χ3v) is 1.86. The molecule has 0 saturated carbocycles. The van der Waals surface area contributed by atoms with Crippen LogP contribution in [0.4, 0.5) is 0 Å². The van der Waals surface area contributed by atoms with E-state index in [1.54, 1.807) is 0 Å². The molecule has 2 heteroatoms. The van der Waals surface area contributed by atoms with Crippen LogP contribution in [-0.2, 0) is 0 Å². The maximum Gasteiger partial charge on any atom is 0.0836 e. The van der Waals surface area contributed by atoms with Crippen molar-refractivity contribution in [2.24, 2.45) is 17.0 Å². The van der Waals surface area contributed by atoms with E-state index in [-0.39, 0.29) is 0 Å². The Labute approximate surface area is 69.4 Å². The van der Waals surface area contributed by atoms with Gasteiger partial charge < -0.3 is 0 Å². The molecule has 0 N–H and O–H groups in total. The van der Waals surface area contributed by atoms with E-state index in [2.05, 4.69) is 25.9 Å². The number of rotatable bonds is 6. The molecule has 1 atom stereocenters. The van der Waals surface area contributed by atoms with Crippen LogP contribution >= 0.6 is 0 Å². The average Bonchev–Trinajstić information content (AvgIpc) is 1.87. The molecule has 0 aromatic rings. The number of nitrogens with zero attached hydrogens (tertiary/aromatic N) is 1. The molecule has 0 aromatic carbocycles. The lowest BCUT2D eigenvalue weighted by Gasteiger charge is -2.07. The summed E-state index contributed by atoms with van der Waals surface area (Å²) >= 11 is 0. The highest BCUT2D eigenvalue weighted by atomic mass is 16.3. The molecule has 0 aromatic heterocycles. The summed E-state index contributed by atoms with van der Waals surface area (Å²) in [6, 6.07) is 0. The lowest BCUT2D eigenvalue weighted by atomic mass is 10.00. The van der Waals surface area contributed by atoms with Crippen molar-refractivity contribution in [3.05, 3.63) is 4.91 Å². The molecular formula is C9H19NO. The highest BCUT2D eigenvalue weighted by Crippen LogP contribution is 2.12. The molecule has 1 unspecified atom stereocenters. The molecule has 66 valence electrons. The van der Waals surface area contributed by atoms with Gasteiger partial charge in [0.05, 0.1) is 6.54 Å². The first-order valence-corrected chi connectivity index (χ1v) is 4.46. The quantitative estimate of drug-likeness (QED) is 0.544. The summed E-state index contributed by atoms with van der Waals surface area (Å²) in [4.78, 5) is 9.86. The summed E-state index contributed by atoms with van der Waals surface area (Å²) in [6.07, 6.45) is 3.64. The average molecular weight is 157 g/mol. The van der Waals surface area contributed by atoms with Crippen LogP contribution in [0, 0.1) is 16.7 Å². The van der Waals surface area contributed by atoms with Crippen molar-refractivity contribution in [1.82, 2.24) is 0 Å². The Morgan fingerprint density at radius 3 is 2.27 bits per heavy atom. The van der Waals surface area contributed by atoms with Crippen molar-refractivity contribution in [3.8, 4) is 0 Å². The normalized spacial score (nSPS) is 13.5. The van der Waals surface area contributed by atoms with Crippen LogP contribution in [0.3, 0.4) is 0 Å². The maximum atomic E-state index is 9.86. The third-order valence-electron chi connectivity index (χ3n) is 1.86. The fraction of sp³-hybridized carbons (Fsp3) is 1.00. The molecule has 0 fully saturated rings. The van der Waals surface area contributed by atoms with Crippen LogP contribution in [0.15, 0.2) is 5.18 Å². The van der Waals surface area contributed by atoms with Crippen LogP contribution in [-0.4, -0.2) is 6.54 Å². The van der Waals surface area contributed by atoms with Crippen molar-refractivity contribution in [2.75, 3.05) is 6.54 Å². The fourth-order valence-electron chi connectivity index (χ4n) is 1.09.